The molecule has 1 saturated carbocycles. The Morgan fingerprint density at radius 3 is 2.56 bits per heavy atom. The molecule has 1 aliphatic carbocycles. The standard InChI is InChI=1S/C11H17NO4/c13-10(14)8-2-4-9(5-3-8)12-6-1-7-16-11(12)15/h8-9H,1-7H2,(H,13,14)/t8-,9-. The lowest BCUT2D eigenvalue weighted by Gasteiger charge is -2.37. The number of carboxylic acids is 1. The van der Waals surface area contributed by atoms with Crippen molar-refractivity contribution in [2.45, 2.75) is 38.1 Å². The second-order valence-electron chi connectivity index (χ2n) is 4.51. The van der Waals surface area contributed by atoms with E-state index >= 15 is 0 Å². The van der Waals surface area contributed by atoms with Gasteiger partial charge in [0.2, 0.25) is 0 Å². The highest BCUT2D eigenvalue weighted by molar-refractivity contribution is 5.70. The number of carbonyl (C=O) groups excluding carboxylic acids is 1. The first kappa shape index (κ1) is 11.2. The number of amides is 1. The minimum atomic E-state index is -0.709. The van der Waals surface area contributed by atoms with Crippen molar-refractivity contribution in [3.8, 4) is 0 Å². The SMILES string of the molecule is O=C1OCCCN1[C@H]1CC[C@H](C(=O)O)CC1. The van der Waals surface area contributed by atoms with Crippen LogP contribution in [0.5, 0.6) is 0 Å². The van der Waals surface area contributed by atoms with E-state index in [2.05, 4.69) is 0 Å². The van der Waals surface area contributed by atoms with E-state index in [0.29, 0.717) is 19.4 Å². The summed E-state index contributed by atoms with van der Waals surface area (Å²) in [7, 11) is 0. The monoisotopic (exact) mass is 227 g/mol. The van der Waals surface area contributed by atoms with Crippen molar-refractivity contribution in [1.82, 2.24) is 4.90 Å². The van der Waals surface area contributed by atoms with Gasteiger partial charge >= 0.3 is 12.1 Å². The Morgan fingerprint density at radius 2 is 2.00 bits per heavy atom. The molecule has 1 N–H and O–H groups in total. The van der Waals surface area contributed by atoms with Crippen molar-refractivity contribution in [3.05, 3.63) is 0 Å². The number of aliphatic carboxylic acids is 1. The lowest BCUT2D eigenvalue weighted by molar-refractivity contribution is -0.143. The first-order valence-electron chi connectivity index (χ1n) is 5.84. The largest absolute Gasteiger partial charge is 0.481 e. The Hall–Kier alpha value is -1.26. The molecule has 0 unspecified atom stereocenters. The smallest absolute Gasteiger partial charge is 0.410 e. The normalized spacial score (nSPS) is 31.0. The lowest BCUT2D eigenvalue weighted by atomic mass is 9.85. The fourth-order valence-corrected chi connectivity index (χ4v) is 2.53. The fourth-order valence-electron chi connectivity index (χ4n) is 2.53. The van der Waals surface area contributed by atoms with Crippen molar-refractivity contribution in [2.24, 2.45) is 5.92 Å². The van der Waals surface area contributed by atoms with Crippen LogP contribution in [0, 0.1) is 5.92 Å². The van der Waals surface area contributed by atoms with E-state index in [9.17, 15) is 9.59 Å². The third-order valence-electron chi connectivity index (χ3n) is 3.49. The Labute approximate surface area is 94.4 Å². The van der Waals surface area contributed by atoms with Crippen LogP contribution < -0.4 is 0 Å². The average Bonchev–Trinajstić information content (AvgIpc) is 2.30. The van der Waals surface area contributed by atoms with Gasteiger partial charge in [0.25, 0.3) is 0 Å². The number of cyclic esters (lactones) is 1. The predicted molar refractivity (Wildman–Crippen MR) is 56.1 cm³/mol. The number of ether oxygens (including phenoxy) is 1. The highest BCUT2D eigenvalue weighted by atomic mass is 16.6. The van der Waals surface area contributed by atoms with Crippen LogP contribution in [0.15, 0.2) is 0 Å². The van der Waals surface area contributed by atoms with Crippen LogP contribution in [-0.2, 0) is 9.53 Å². The van der Waals surface area contributed by atoms with Gasteiger partial charge in [0, 0.05) is 12.6 Å². The summed E-state index contributed by atoms with van der Waals surface area (Å²) < 4.78 is 4.99. The van der Waals surface area contributed by atoms with Gasteiger partial charge in [-0.25, -0.2) is 4.79 Å². The van der Waals surface area contributed by atoms with Crippen molar-refractivity contribution in [1.29, 1.82) is 0 Å². The van der Waals surface area contributed by atoms with Crippen molar-refractivity contribution in [2.75, 3.05) is 13.2 Å². The van der Waals surface area contributed by atoms with Crippen LogP contribution >= 0.6 is 0 Å². The van der Waals surface area contributed by atoms with Gasteiger partial charge in [-0.05, 0) is 32.1 Å². The van der Waals surface area contributed by atoms with E-state index < -0.39 is 5.97 Å². The maximum atomic E-state index is 11.5. The molecule has 1 heterocycles. The Morgan fingerprint density at radius 1 is 1.31 bits per heavy atom. The van der Waals surface area contributed by atoms with Crippen LogP contribution in [0.1, 0.15) is 32.1 Å². The quantitative estimate of drug-likeness (QED) is 0.775. The minimum Gasteiger partial charge on any atom is -0.481 e. The highest BCUT2D eigenvalue weighted by Gasteiger charge is 2.33. The third kappa shape index (κ3) is 2.28. The van der Waals surface area contributed by atoms with E-state index in [0.717, 1.165) is 25.8 Å². The summed E-state index contributed by atoms with van der Waals surface area (Å²) in [6, 6.07) is 0.184. The molecule has 0 aromatic heterocycles. The summed E-state index contributed by atoms with van der Waals surface area (Å²) in [5.41, 5.74) is 0. The number of carboxylic acid groups (broad SMARTS) is 1. The second-order valence-corrected chi connectivity index (χ2v) is 4.51. The zero-order valence-corrected chi connectivity index (χ0v) is 9.22. The molecular formula is C11H17NO4. The van der Waals surface area contributed by atoms with Crippen LogP contribution in [0.3, 0.4) is 0 Å². The van der Waals surface area contributed by atoms with Crippen LogP contribution in [-0.4, -0.2) is 41.3 Å². The van der Waals surface area contributed by atoms with Gasteiger partial charge in [0.15, 0.2) is 0 Å². The van der Waals surface area contributed by atoms with Crippen molar-refractivity contribution >= 4 is 12.1 Å². The van der Waals surface area contributed by atoms with Gasteiger partial charge in [-0.1, -0.05) is 0 Å². The molecule has 5 heteroatoms. The molecule has 1 amide bonds. The average molecular weight is 227 g/mol. The zero-order chi connectivity index (χ0) is 11.5. The van der Waals surface area contributed by atoms with E-state index in [4.69, 9.17) is 9.84 Å². The molecule has 0 bridgehead atoms. The van der Waals surface area contributed by atoms with Crippen molar-refractivity contribution < 1.29 is 19.4 Å². The molecule has 0 radical (unpaired) electrons. The predicted octanol–water partition coefficient (Wildman–Crippen LogP) is 1.47. The zero-order valence-electron chi connectivity index (χ0n) is 9.22. The minimum absolute atomic E-state index is 0.184. The van der Waals surface area contributed by atoms with E-state index in [1.165, 1.54) is 0 Å². The second kappa shape index (κ2) is 4.72. The molecule has 0 aromatic rings. The molecule has 16 heavy (non-hydrogen) atoms. The number of hydrogen-bond donors (Lipinski definition) is 1. The highest BCUT2D eigenvalue weighted by Crippen LogP contribution is 2.29. The molecule has 1 aliphatic heterocycles. The van der Waals surface area contributed by atoms with Gasteiger partial charge in [-0.15, -0.1) is 0 Å². The van der Waals surface area contributed by atoms with Gasteiger partial charge < -0.3 is 14.7 Å². The van der Waals surface area contributed by atoms with Gasteiger partial charge in [-0.2, -0.15) is 0 Å². The molecule has 2 rings (SSSR count). The van der Waals surface area contributed by atoms with E-state index in [-0.39, 0.29) is 18.1 Å². The van der Waals surface area contributed by atoms with E-state index in [1.807, 2.05) is 0 Å². The summed E-state index contributed by atoms with van der Waals surface area (Å²) in [6.07, 6.45) is 3.56. The van der Waals surface area contributed by atoms with Crippen LogP contribution in [0.25, 0.3) is 0 Å². The molecular weight excluding hydrogens is 210 g/mol. The Kier molecular flexibility index (Phi) is 3.31. The van der Waals surface area contributed by atoms with Crippen LogP contribution in [0.4, 0.5) is 4.79 Å². The molecule has 0 spiro atoms. The Balaban J connectivity index is 1.88. The lowest BCUT2D eigenvalue weighted by Crippen LogP contribution is -2.46. The fraction of sp³-hybridized carbons (Fsp3) is 0.818. The van der Waals surface area contributed by atoms with E-state index in [1.54, 1.807) is 4.90 Å². The molecule has 1 saturated heterocycles. The maximum absolute atomic E-state index is 11.5. The number of rotatable bonds is 2. The summed E-state index contributed by atoms with van der Waals surface area (Å²) in [5, 5.41) is 8.88. The molecule has 0 aromatic carbocycles. The van der Waals surface area contributed by atoms with Gasteiger partial charge in [0.05, 0.1) is 12.5 Å². The molecule has 90 valence electrons. The molecule has 2 aliphatic rings. The molecule has 5 nitrogen and oxygen atoms in total. The number of nitrogens with zero attached hydrogens (tertiary/aromatic N) is 1. The Bertz CT molecular complexity index is 284. The van der Waals surface area contributed by atoms with Crippen LogP contribution in [0.2, 0.25) is 0 Å². The number of hydrogen-bond acceptors (Lipinski definition) is 3. The summed E-state index contributed by atoms with van der Waals surface area (Å²) in [6.45, 7) is 1.26. The first-order chi connectivity index (χ1) is 7.68. The van der Waals surface area contributed by atoms with Crippen molar-refractivity contribution in [3.63, 3.8) is 0 Å². The topological polar surface area (TPSA) is 66.8 Å². The summed E-state index contributed by atoms with van der Waals surface area (Å²) >= 11 is 0. The molecule has 0 atom stereocenters. The summed E-state index contributed by atoms with van der Waals surface area (Å²) in [5.74, 6) is -0.934. The third-order valence-corrected chi connectivity index (χ3v) is 3.49. The summed E-state index contributed by atoms with van der Waals surface area (Å²) in [4.78, 5) is 24.1. The first-order valence-corrected chi connectivity index (χ1v) is 5.84. The molecule has 2 fully saturated rings. The van der Waals surface area contributed by atoms with Gasteiger partial charge in [0.1, 0.15) is 0 Å². The maximum Gasteiger partial charge on any atom is 0.410 e. The van der Waals surface area contributed by atoms with Gasteiger partial charge in [-0.3, -0.25) is 4.79 Å². The number of carbonyl (C=O) groups is 2.